The van der Waals surface area contributed by atoms with Crippen LogP contribution in [0, 0.1) is 12.8 Å². The first-order valence-corrected chi connectivity index (χ1v) is 7.16. The van der Waals surface area contributed by atoms with Crippen LogP contribution in [0.15, 0.2) is 24.3 Å². The third-order valence-corrected chi connectivity index (χ3v) is 3.89. The average molecular weight is 247 g/mol. The van der Waals surface area contributed by atoms with E-state index >= 15 is 0 Å². The lowest BCUT2D eigenvalue weighted by atomic mass is 9.85. The molecule has 3 atom stereocenters. The molecule has 1 aliphatic rings. The van der Waals surface area contributed by atoms with E-state index in [0.717, 1.165) is 24.6 Å². The number of aryl methyl sites for hydroxylation is 1. The zero-order chi connectivity index (χ0) is 13.0. The number of benzene rings is 1. The Morgan fingerprint density at radius 3 is 2.78 bits per heavy atom. The van der Waals surface area contributed by atoms with Gasteiger partial charge in [0.1, 0.15) is 11.9 Å². The summed E-state index contributed by atoms with van der Waals surface area (Å²) in [6, 6.07) is 8.82. The first-order valence-electron chi connectivity index (χ1n) is 7.16. The zero-order valence-electron chi connectivity index (χ0n) is 11.8. The first kappa shape index (κ1) is 13.4. The summed E-state index contributed by atoms with van der Waals surface area (Å²) in [7, 11) is 0. The molecule has 1 aromatic carbocycles. The molecule has 0 aliphatic heterocycles. The number of nitrogens with one attached hydrogen (secondary N) is 1. The monoisotopic (exact) mass is 247 g/mol. The van der Waals surface area contributed by atoms with E-state index in [2.05, 4.69) is 50.4 Å². The molecule has 18 heavy (non-hydrogen) atoms. The molecular weight excluding hydrogens is 222 g/mol. The highest BCUT2D eigenvalue weighted by molar-refractivity contribution is 5.32. The Morgan fingerprint density at radius 2 is 2.06 bits per heavy atom. The molecule has 2 heteroatoms. The molecule has 1 aliphatic carbocycles. The fourth-order valence-corrected chi connectivity index (χ4v) is 2.81. The maximum Gasteiger partial charge on any atom is 0.122 e. The van der Waals surface area contributed by atoms with Gasteiger partial charge in [-0.2, -0.15) is 0 Å². The number of hydrogen-bond donors (Lipinski definition) is 1. The van der Waals surface area contributed by atoms with Gasteiger partial charge in [-0.05, 0) is 50.3 Å². The van der Waals surface area contributed by atoms with Crippen molar-refractivity contribution in [2.24, 2.45) is 5.92 Å². The molecule has 1 N–H and O–H groups in total. The van der Waals surface area contributed by atoms with E-state index in [1.807, 2.05) is 0 Å². The first-order chi connectivity index (χ1) is 8.70. The van der Waals surface area contributed by atoms with Crippen molar-refractivity contribution in [2.45, 2.75) is 52.2 Å². The highest BCUT2D eigenvalue weighted by Crippen LogP contribution is 2.29. The minimum absolute atomic E-state index is 0.315. The summed E-state index contributed by atoms with van der Waals surface area (Å²) >= 11 is 0. The van der Waals surface area contributed by atoms with Crippen molar-refractivity contribution in [1.29, 1.82) is 0 Å². The van der Waals surface area contributed by atoms with Gasteiger partial charge in [-0.1, -0.05) is 32.0 Å². The van der Waals surface area contributed by atoms with Crippen molar-refractivity contribution >= 4 is 0 Å². The van der Waals surface area contributed by atoms with Crippen LogP contribution in [-0.4, -0.2) is 18.7 Å². The zero-order valence-corrected chi connectivity index (χ0v) is 11.8. The van der Waals surface area contributed by atoms with Crippen molar-refractivity contribution in [3.63, 3.8) is 0 Å². The van der Waals surface area contributed by atoms with Crippen molar-refractivity contribution in [1.82, 2.24) is 5.32 Å². The lowest BCUT2D eigenvalue weighted by molar-refractivity contribution is 0.0910. The van der Waals surface area contributed by atoms with Crippen LogP contribution in [0.4, 0.5) is 0 Å². The summed E-state index contributed by atoms with van der Waals surface area (Å²) in [6.07, 6.45) is 4.01. The molecule has 3 unspecified atom stereocenters. The largest absolute Gasteiger partial charge is 0.489 e. The lowest BCUT2D eigenvalue weighted by Gasteiger charge is -2.35. The SMILES string of the molecule is CCNC1CCC(C)CC1Oc1ccccc1C. The second-order valence-corrected chi connectivity index (χ2v) is 5.50. The standard InChI is InChI=1S/C16H25NO/c1-4-17-14-10-9-12(2)11-16(14)18-15-8-6-5-7-13(15)3/h5-8,12,14,16-17H,4,9-11H2,1-3H3. The molecule has 1 aromatic rings. The predicted octanol–water partition coefficient (Wildman–Crippen LogP) is 3.54. The van der Waals surface area contributed by atoms with Gasteiger partial charge in [0, 0.05) is 6.04 Å². The quantitative estimate of drug-likeness (QED) is 0.878. The molecule has 0 saturated heterocycles. The van der Waals surface area contributed by atoms with Crippen LogP contribution in [0.1, 0.15) is 38.7 Å². The molecule has 2 rings (SSSR count). The van der Waals surface area contributed by atoms with E-state index in [9.17, 15) is 0 Å². The van der Waals surface area contributed by atoms with E-state index in [1.54, 1.807) is 0 Å². The minimum atomic E-state index is 0.315. The Hall–Kier alpha value is -1.02. The summed E-state index contributed by atoms with van der Waals surface area (Å²) in [5, 5.41) is 3.57. The Bertz CT molecular complexity index is 377. The molecule has 0 amide bonds. The highest BCUT2D eigenvalue weighted by atomic mass is 16.5. The molecule has 100 valence electrons. The smallest absolute Gasteiger partial charge is 0.122 e. The van der Waals surface area contributed by atoms with Crippen molar-refractivity contribution in [3.05, 3.63) is 29.8 Å². The normalized spacial score (nSPS) is 28.1. The second kappa shape index (κ2) is 6.24. The topological polar surface area (TPSA) is 21.3 Å². The number of para-hydroxylation sites is 1. The second-order valence-electron chi connectivity index (χ2n) is 5.50. The molecule has 1 saturated carbocycles. The maximum absolute atomic E-state index is 6.26. The molecule has 0 spiro atoms. The Morgan fingerprint density at radius 1 is 1.28 bits per heavy atom. The number of rotatable bonds is 4. The summed E-state index contributed by atoms with van der Waals surface area (Å²) in [5.74, 6) is 1.81. The Balaban J connectivity index is 2.06. The van der Waals surface area contributed by atoms with E-state index in [4.69, 9.17) is 4.74 Å². The molecule has 1 fully saturated rings. The van der Waals surface area contributed by atoms with Crippen LogP contribution in [-0.2, 0) is 0 Å². The third kappa shape index (κ3) is 3.26. The van der Waals surface area contributed by atoms with Crippen LogP contribution in [0.2, 0.25) is 0 Å². The van der Waals surface area contributed by atoms with Gasteiger partial charge in [0.15, 0.2) is 0 Å². The van der Waals surface area contributed by atoms with Crippen LogP contribution in [0.25, 0.3) is 0 Å². The van der Waals surface area contributed by atoms with Gasteiger partial charge in [0.05, 0.1) is 0 Å². The maximum atomic E-state index is 6.26. The van der Waals surface area contributed by atoms with Crippen molar-refractivity contribution < 1.29 is 4.74 Å². The summed E-state index contributed by atoms with van der Waals surface area (Å²) in [5.41, 5.74) is 1.23. The van der Waals surface area contributed by atoms with Crippen molar-refractivity contribution in [2.75, 3.05) is 6.54 Å². The van der Waals surface area contributed by atoms with Crippen LogP contribution >= 0.6 is 0 Å². The Kier molecular flexibility index (Phi) is 4.65. The van der Waals surface area contributed by atoms with Crippen LogP contribution in [0.3, 0.4) is 0 Å². The van der Waals surface area contributed by atoms with Gasteiger partial charge >= 0.3 is 0 Å². The number of likely N-dealkylation sites (N-methyl/N-ethyl adjacent to an activating group) is 1. The fraction of sp³-hybridized carbons (Fsp3) is 0.625. The molecule has 0 aromatic heterocycles. The van der Waals surface area contributed by atoms with Gasteiger partial charge in [0.25, 0.3) is 0 Å². The fourth-order valence-electron chi connectivity index (χ4n) is 2.81. The van der Waals surface area contributed by atoms with E-state index in [1.165, 1.54) is 18.4 Å². The van der Waals surface area contributed by atoms with Gasteiger partial charge < -0.3 is 10.1 Å². The molecule has 2 nitrogen and oxygen atoms in total. The van der Waals surface area contributed by atoms with Crippen molar-refractivity contribution in [3.8, 4) is 5.75 Å². The van der Waals surface area contributed by atoms with Gasteiger partial charge in [-0.25, -0.2) is 0 Å². The highest BCUT2D eigenvalue weighted by Gasteiger charge is 2.29. The minimum Gasteiger partial charge on any atom is -0.489 e. The number of ether oxygens (including phenoxy) is 1. The Labute approximate surface area is 111 Å². The average Bonchev–Trinajstić information content (AvgIpc) is 2.36. The molecule has 0 heterocycles. The van der Waals surface area contributed by atoms with Crippen LogP contribution < -0.4 is 10.1 Å². The number of hydrogen-bond acceptors (Lipinski definition) is 2. The van der Waals surface area contributed by atoms with Gasteiger partial charge in [0.2, 0.25) is 0 Å². The van der Waals surface area contributed by atoms with Gasteiger partial charge in [-0.3, -0.25) is 0 Å². The van der Waals surface area contributed by atoms with E-state index in [-0.39, 0.29) is 0 Å². The molecule has 0 radical (unpaired) electrons. The lowest BCUT2D eigenvalue weighted by Crippen LogP contribution is -2.46. The summed E-state index contributed by atoms with van der Waals surface area (Å²) in [4.78, 5) is 0. The van der Waals surface area contributed by atoms with Crippen LogP contribution in [0.5, 0.6) is 5.75 Å². The van der Waals surface area contributed by atoms with Gasteiger partial charge in [-0.15, -0.1) is 0 Å². The van der Waals surface area contributed by atoms with E-state index < -0.39 is 0 Å². The predicted molar refractivity (Wildman–Crippen MR) is 76.1 cm³/mol. The summed E-state index contributed by atoms with van der Waals surface area (Å²) in [6.45, 7) is 7.63. The molecular formula is C16H25NO. The van der Waals surface area contributed by atoms with E-state index in [0.29, 0.717) is 12.1 Å². The summed E-state index contributed by atoms with van der Waals surface area (Å²) < 4.78 is 6.26. The third-order valence-electron chi connectivity index (χ3n) is 3.89. The molecule has 0 bridgehead atoms.